The van der Waals surface area contributed by atoms with Crippen molar-refractivity contribution in [2.45, 2.75) is 10.3 Å². The zero-order chi connectivity index (χ0) is 18.2. The number of hydrogen-bond acceptors (Lipinski definition) is 9. The second kappa shape index (κ2) is 8.96. The summed E-state index contributed by atoms with van der Waals surface area (Å²) in [5.74, 6) is -0.605. The lowest BCUT2D eigenvalue weighted by molar-refractivity contribution is -0.126. The van der Waals surface area contributed by atoms with Crippen molar-refractivity contribution in [2.75, 3.05) is 11.5 Å². The molecule has 2 heterocycles. The minimum atomic E-state index is -0.379. The normalized spacial score (nSPS) is 10.5. The Morgan fingerprint density at radius 1 is 1.08 bits per heavy atom. The summed E-state index contributed by atoms with van der Waals surface area (Å²) in [6.45, 7) is 0. The van der Waals surface area contributed by atoms with Gasteiger partial charge in [-0.25, -0.2) is 4.98 Å². The number of thioether (sulfide) groups is 2. The number of nitrogens with one attached hydrogen (secondary N) is 3. The van der Waals surface area contributed by atoms with Gasteiger partial charge in [0.2, 0.25) is 17.0 Å². The summed E-state index contributed by atoms with van der Waals surface area (Å²) in [6.07, 6.45) is 1.35. The number of rotatable bonds is 7. The van der Waals surface area contributed by atoms with Crippen molar-refractivity contribution in [2.24, 2.45) is 0 Å². The fourth-order valence-corrected chi connectivity index (χ4v) is 3.01. The summed E-state index contributed by atoms with van der Waals surface area (Å²) < 4.78 is 1.53. The van der Waals surface area contributed by atoms with E-state index in [0.29, 0.717) is 10.3 Å². The molecular weight excluding hydrogens is 378 g/mol. The number of para-hydroxylation sites is 1. The van der Waals surface area contributed by atoms with Gasteiger partial charge in [0.1, 0.15) is 6.33 Å². The number of nitrogens with zero attached hydrogens (tertiary/aromatic N) is 6. The molecule has 3 N–H and O–H groups in total. The Hall–Kier alpha value is -2.93. The number of H-pyrrole nitrogens is 1. The van der Waals surface area contributed by atoms with Gasteiger partial charge < -0.3 is 0 Å². The van der Waals surface area contributed by atoms with E-state index in [9.17, 15) is 9.59 Å². The molecule has 0 spiro atoms. The summed E-state index contributed by atoms with van der Waals surface area (Å²) in [5, 5.41) is 18.7. The van der Waals surface area contributed by atoms with Crippen LogP contribution >= 0.6 is 23.5 Å². The van der Waals surface area contributed by atoms with Gasteiger partial charge in [0.05, 0.1) is 17.2 Å². The minimum Gasteiger partial charge on any atom is -0.272 e. The second-order valence-corrected chi connectivity index (χ2v) is 6.58. The minimum absolute atomic E-state index is 0.0444. The third kappa shape index (κ3) is 5.03. The van der Waals surface area contributed by atoms with E-state index in [-0.39, 0.29) is 23.3 Å². The van der Waals surface area contributed by atoms with Crippen molar-refractivity contribution in [3.05, 3.63) is 36.7 Å². The molecule has 0 radical (unpaired) electrons. The molecule has 0 unspecified atom stereocenters. The smallest absolute Gasteiger partial charge is 0.248 e. The number of carbonyl (C=O) groups excluding carboxylic acids is 2. The van der Waals surface area contributed by atoms with Crippen LogP contribution in [0.2, 0.25) is 0 Å². The Morgan fingerprint density at radius 3 is 2.50 bits per heavy atom. The van der Waals surface area contributed by atoms with Crippen LogP contribution in [-0.4, -0.2) is 58.7 Å². The molecule has 0 bridgehead atoms. The molecule has 26 heavy (non-hydrogen) atoms. The number of tetrazole rings is 1. The maximum atomic E-state index is 11.9. The highest BCUT2D eigenvalue weighted by Gasteiger charge is 2.12. The lowest BCUT2D eigenvalue weighted by Gasteiger charge is -2.07. The van der Waals surface area contributed by atoms with E-state index in [1.807, 2.05) is 30.3 Å². The van der Waals surface area contributed by atoms with Gasteiger partial charge >= 0.3 is 0 Å². The number of amides is 2. The average molecular weight is 391 g/mol. The highest BCUT2D eigenvalue weighted by Crippen LogP contribution is 2.17. The largest absolute Gasteiger partial charge is 0.272 e. The molecule has 0 atom stereocenters. The Bertz CT molecular complexity index is 854. The zero-order valence-corrected chi connectivity index (χ0v) is 14.8. The first-order chi connectivity index (χ1) is 12.7. The highest BCUT2D eigenvalue weighted by atomic mass is 32.2. The van der Waals surface area contributed by atoms with Crippen LogP contribution < -0.4 is 10.9 Å². The number of carbonyl (C=O) groups is 2. The van der Waals surface area contributed by atoms with Gasteiger partial charge in [0.25, 0.3) is 0 Å². The first-order valence-electron chi connectivity index (χ1n) is 7.25. The monoisotopic (exact) mass is 391 g/mol. The quantitative estimate of drug-likeness (QED) is 0.369. The van der Waals surface area contributed by atoms with Crippen LogP contribution in [0.3, 0.4) is 0 Å². The number of aromatic amines is 1. The van der Waals surface area contributed by atoms with Crippen LogP contribution in [0.4, 0.5) is 0 Å². The Kier molecular flexibility index (Phi) is 6.16. The van der Waals surface area contributed by atoms with Crippen LogP contribution in [0.5, 0.6) is 0 Å². The van der Waals surface area contributed by atoms with E-state index in [1.54, 1.807) is 0 Å². The molecule has 0 saturated heterocycles. The van der Waals surface area contributed by atoms with Crippen LogP contribution in [0.25, 0.3) is 5.69 Å². The van der Waals surface area contributed by atoms with E-state index < -0.39 is 0 Å². The Balaban J connectivity index is 1.42. The maximum Gasteiger partial charge on any atom is 0.248 e. The molecule has 2 amide bonds. The van der Waals surface area contributed by atoms with E-state index in [2.05, 4.69) is 41.6 Å². The van der Waals surface area contributed by atoms with E-state index in [0.717, 1.165) is 17.4 Å². The topological polar surface area (TPSA) is 143 Å². The predicted octanol–water partition coefficient (Wildman–Crippen LogP) is -0.188. The standard InChI is InChI=1S/C13H13N9O2S2/c23-10(6-25-12-14-8-15-18-12)16-17-11(24)7-26-13-19-20-21-22(13)9-4-2-1-3-5-9/h1-5,8H,6-7H2,(H,16,23)(H,17,24)(H,14,15,18). The molecule has 0 aliphatic heterocycles. The lowest BCUT2D eigenvalue weighted by atomic mass is 10.3. The fraction of sp³-hybridized carbons (Fsp3) is 0.154. The second-order valence-electron chi connectivity index (χ2n) is 4.67. The van der Waals surface area contributed by atoms with Gasteiger partial charge in [0, 0.05) is 0 Å². The van der Waals surface area contributed by atoms with Crippen molar-refractivity contribution in [3.63, 3.8) is 0 Å². The molecule has 0 saturated carbocycles. The summed E-state index contributed by atoms with van der Waals surface area (Å²) >= 11 is 2.32. The van der Waals surface area contributed by atoms with Crippen molar-refractivity contribution in [3.8, 4) is 5.69 Å². The SMILES string of the molecule is O=C(CSc1ncn[nH]1)NNC(=O)CSc1nnnn1-c1ccccc1. The van der Waals surface area contributed by atoms with Gasteiger partial charge in [-0.3, -0.25) is 25.5 Å². The molecule has 0 fully saturated rings. The van der Waals surface area contributed by atoms with E-state index in [4.69, 9.17) is 0 Å². The molecule has 0 aliphatic rings. The van der Waals surface area contributed by atoms with Gasteiger partial charge in [-0.2, -0.15) is 9.78 Å². The first-order valence-corrected chi connectivity index (χ1v) is 9.22. The molecule has 134 valence electrons. The molecule has 11 nitrogen and oxygen atoms in total. The highest BCUT2D eigenvalue weighted by molar-refractivity contribution is 8.00. The predicted molar refractivity (Wildman–Crippen MR) is 93.3 cm³/mol. The maximum absolute atomic E-state index is 11.9. The van der Waals surface area contributed by atoms with Crippen LogP contribution in [-0.2, 0) is 9.59 Å². The van der Waals surface area contributed by atoms with E-state index in [1.165, 1.54) is 22.8 Å². The Morgan fingerprint density at radius 2 is 1.81 bits per heavy atom. The molecule has 1 aromatic carbocycles. The lowest BCUT2D eigenvalue weighted by Crippen LogP contribution is -2.43. The van der Waals surface area contributed by atoms with Crippen molar-refractivity contribution >= 4 is 35.3 Å². The number of hydrazine groups is 1. The molecule has 3 aromatic rings. The summed E-state index contributed by atoms with van der Waals surface area (Å²) in [6, 6.07) is 9.33. The van der Waals surface area contributed by atoms with Crippen LogP contribution in [0.15, 0.2) is 47.0 Å². The zero-order valence-electron chi connectivity index (χ0n) is 13.2. The third-order valence-electron chi connectivity index (χ3n) is 2.85. The summed E-state index contributed by atoms with van der Waals surface area (Å²) in [7, 11) is 0. The summed E-state index contributed by atoms with van der Waals surface area (Å²) in [5.41, 5.74) is 5.46. The molecule has 13 heteroatoms. The summed E-state index contributed by atoms with van der Waals surface area (Å²) in [4.78, 5) is 27.4. The molecule has 3 rings (SSSR count). The van der Waals surface area contributed by atoms with Gasteiger partial charge in [0.15, 0.2) is 5.16 Å². The average Bonchev–Trinajstić information content (AvgIpc) is 3.35. The van der Waals surface area contributed by atoms with Gasteiger partial charge in [-0.05, 0) is 22.6 Å². The first kappa shape index (κ1) is 17.9. The third-order valence-corrected chi connectivity index (χ3v) is 4.64. The number of benzene rings is 1. The van der Waals surface area contributed by atoms with Crippen molar-refractivity contribution in [1.82, 2.24) is 46.2 Å². The number of aromatic nitrogens is 7. The fourth-order valence-electron chi connectivity index (χ4n) is 1.74. The van der Waals surface area contributed by atoms with Crippen LogP contribution in [0.1, 0.15) is 0 Å². The van der Waals surface area contributed by atoms with Gasteiger partial charge in [-0.1, -0.05) is 41.7 Å². The van der Waals surface area contributed by atoms with Gasteiger partial charge in [-0.15, -0.1) is 5.10 Å². The molecule has 2 aromatic heterocycles. The molecule has 0 aliphatic carbocycles. The Labute approximate surface area is 155 Å². The van der Waals surface area contributed by atoms with E-state index >= 15 is 0 Å². The number of hydrogen-bond donors (Lipinski definition) is 3. The van der Waals surface area contributed by atoms with Crippen LogP contribution in [0, 0.1) is 0 Å². The van der Waals surface area contributed by atoms with Crippen molar-refractivity contribution < 1.29 is 9.59 Å². The van der Waals surface area contributed by atoms with Crippen molar-refractivity contribution in [1.29, 1.82) is 0 Å². The molecular formula is C13H13N9O2S2.